The van der Waals surface area contributed by atoms with Crippen LogP contribution in [0.5, 0.6) is 0 Å². The van der Waals surface area contributed by atoms with Crippen LogP contribution in [0.2, 0.25) is 0 Å². The SMILES string of the molecule is c1ccc2c(c1)-c1ccccc1C21c2ccccc2-c2c1cc(-c1c3ccccc3c(-c3ccc4ccccc4c3)c3ccccc13)c1ccccc21. The lowest BCUT2D eigenvalue weighted by Crippen LogP contribution is -2.25. The average Bonchev–Trinajstić information content (AvgIpc) is 3.70. The molecule has 1 spiro atoms. The summed E-state index contributed by atoms with van der Waals surface area (Å²) in [6, 6.07) is 72.9. The molecule has 53 heavy (non-hydrogen) atoms. The molecule has 0 unspecified atom stereocenters. The number of fused-ring (bicyclic) bond motifs is 15. The summed E-state index contributed by atoms with van der Waals surface area (Å²) in [5.74, 6) is 0. The summed E-state index contributed by atoms with van der Waals surface area (Å²) in [5, 5.41) is 10.2. The fraction of sp³-hybridized carbons (Fsp3) is 0.0189. The topological polar surface area (TPSA) is 0 Å². The van der Waals surface area contributed by atoms with Gasteiger partial charge in [0, 0.05) is 0 Å². The van der Waals surface area contributed by atoms with Crippen molar-refractivity contribution in [3.8, 4) is 44.5 Å². The van der Waals surface area contributed by atoms with Crippen LogP contribution >= 0.6 is 0 Å². The standard InChI is InChI=1S/C53H32/c1-2-16-34-31-35(30-29-33(34)15-1)50-40-21-5-7-23-42(40)51(43-24-8-6-22-41(43)50)45-32-49-52(39-20-4-3-17-36(39)45)44-25-11-14-28-48(44)53(49)46-26-12-9-18-37(46)38-19-10-13-27-47(38)53/h1-32H. The van der Waals surface area contributed by atoms with Crippen LogP contribution in [-0.2, 0) is 5.41 Å². The molecule has 12 rings (SSSR count). The van der Waals surface area contributed by atoms with Crippen molar-refractivity contribution in [1.29, 1.82) is 0 Å². The van der Waals surface area contributed by atoms with Gasteiger partial charge in [-0.1, -0.05) is 182 Å². The zero-order valence-electron chi connectivity index (χ0n) is 29.0. The molecule has 0 saturated heterocycles. The molecular formula is C53H32. The number of benzene rings is 10. The molecule has 0 radical (unpaired) electrons. The Labute approximate surface area is 308 Å². The van der Waals surface area contributed by atoms with Gasteiger partial charge in [-0.15, -0.1) is 0 Å². The first-order chi connectivity index (χ1) is 26.3. The maximum Gasteiger partial charge on any atom is 0.0725 e. The summed E-state index contributed by atoms with van der Waals surface area (Å²) in [6.07, 6.45) is 0. The summed E-state index contributed by atoms with van der Waals surface area (Å²) in [6.45, 7) is 0. The molecule has 2 aliphatic rings. The Bertz CT molecular complexity index is 3080. The predicted molar refractivity (Wildman–Crippen MR) is 224 cm³/mol. The van der Waals surface area contributed by atoms with Crippen LogP contribution in [0.1, 0.15) is 22.3 Å². The summed E-state index contributed by atoms with van der Waals surface area (Å²) in [7, 11) is 0. The van der Waals surface area contributed by atoms with Crippen LogP contribution < -0.4 is 0 Å². The van der Waals surface area contributed by atoms with Crippen LogP contribution in [0.25, 0.3) is 87.6 Å². The largest absolute Gasteiger partial charge is 0.0725 e. The third-order valence-electron chi connectivity index (χ3n) is 12.2. The highest BCUT2D eigenvalue weighted by Crippen LogP contribution is 2.64. The minimum Gasteiger partial charge on any atom is -0.0619 e. The number of rotatable bonds is 2. The third-order valence-corrected chi connectivity index (χ3v) is 12.2. The van der Waals surface area contributed by atoms with E-state index in [0.29, 0.717) is 0 Å². The lowest BCUT2D eigenvalue weighted by Gasteiger charge is -2.31. The van der Waals surface area contributed by atoms with Crippen molar-refractivity contribution in [2.24, 2.45) is 0 Å². The molecule has 0 nitrogen and oxygen atoms in total. The molecule has 0 heteroatoms. The van der Waals surface area contributed by atoms with Crippen LogP contribution in [0.3, 0.4) is 0 Å². The van der Waals surface area contributed by atoms with E-state index in [1.54, 1.807) is 0 Å². The lowest BCUT2D eigenvalue weighted by molar-refractivity contribution is 0.795. The summed E-state index contributed by atoms with van der Waals surface area (Å²) in [4.78, 5) is 0. The first kappa shape index (κ1) is 28.9. The molecular weight excluding hydrogens is 637 g/mol. The van der Waals surface area contributed by atoms with Crippen LogP contribution in [0.4, 0.5) is 0 Å². The first-order valence-electron chi connectivity index (χ1n) is 18.6. The van der Waals surface area contributed by atoms with Crippen molar-refractivity contribution in [1.82, 2.24) is 0 Å². The van der Waals surface area contributed by atoms with E-state index in [0.717, 1.165) is 0 Å². The highest BCUT2D eigenvalue weighted by Gasteiger charge is 2.52. The minimum absolute atomic E-state index is 0.422. The van der Waals surface area contributed by atoms with Gasteiger partial charge < -0.3 is 0 Å². The highest BCUT2D eigenvalue weighted by atomic mass is 14.5. The molecule has 10 aromatic carbocycles. The maximum absolute atomic E-state index is 2.58. The van der Waals surface area contributed by atoms with Crippen molar-refractivity contribution in [2.75, 3.05) is 0 Å². The molecule has 10 aromatic rings. The van der Waals surface area contributed by atoms with E-state index in [9.17, 15) is 0 Å². The van der Waals surface area contributed by atoms with Crippen molar-refractivity contribution in [3.63, 3.8) is 0 Å². The smallest absolute Gasteiger partial charge is 0.0619 e. The van der Waals surface area contributed by atoms with Gasteiger partial charge in [0.05, 0.1) is 5.41 Å². The Balaban J connectivity index is 1.25. The quantitative estimate of drug-likeness (QED) is 0.161. The Morgan fingerprint density at radius 3 is 1.28 bits per heavy atom. The Morgan fingerprint density at radius 1 is 0.245 bits per heavy atom. The zero-order valence-corrected chi connectivity index (χ0v) is 29.0. The lowest BCUT2D eigenvalue weighted by atomic mass is 9.69. The van der Waals surface area contributed by atoms with Gasteiger partial charge in [-0.05, 0) is 122 Å². The van der Waals surface area contributed by atoms with Crippen LogP contribution in [0.15, 0.2) is 194 Å². The third kappa shape index (κ3) is 3.70. The van der Waals surface area contributed by atoms with Gasteiger partial charge in [-0.25, -0.2) is 0 Å². The second kappa shape index (κ2) is 10.6. The van der Waals surface area contributed by atoms with Crippen molar-refractivity contribution < 1.29 is 0 Å². The van der Waals surface area contributed by atoms with Crippen molar-refractivity contribution >= 4 is 43.1 Å². The highest BCUT2D eigenvalue weighted by molar-refractivity contribution is 6.25. The zero-order chi connectivity index (χ0) is 34.7. The van der Waals surface area contributed by atoms with Crippen LogP contribution in [0, 0.1) is 0 Å². The van der Waals surface area contributed by atoms with Crippen LogP contribution in [-0.4, -0.2) is 0 Å². The van der Waals surface area contributed by atoms with E-state index in [1.165, 1.54) is 110 Å². The number of hydrogen-bond acceptors (Lipinski definition) is 0. The van der Waals surface area contributed by atoms with E-state index < -0.39 is 5.41 Å². The Morgan fingerprint density at radius 2 is 0.679 bits per heavy atom. The van der Waals surface area contributed by atoms with Crippen molar-refractivity contribution in [2.45, 2.75) is 5.41 Å². The molecule has 0 aromatic heterocycles. The average molecular weight is 669 g/mol. The fourth-order valence-corrected chi connectivity index (χ4v) is 10.2. The molecule has 0 saturated carbocycles. The van der Waals surface area contributed by atoms with E-state index in [4.69, 9.17) is 0 Å². The summed E-state index contributed by atoms with van der Waals surface area (Å²) >= 11 is 0. The molecule has 2 aliphatic carbocycles. The Hall–Kier alpha value is -6.76. The molecule has 0 heterocycles. The Kier molecular flexibility index (Phi) is 5.80. The van der Waals surface area contributed by atoms with E-state index >= 15 is 0 Å². The molecule has 0 fully saturated rings. The first-order valence-corrected chi connectivity index (χ1v) is 18.6. The van der Waals surface area contributed by atoms with E-state index in [-0.39, 0.29) is 0 Å². The van der Waals surface area contributed by atoms with Gasteiger partial charge in [-0.3, -0.25) is 0 Å². The van der Waals surface area contributed by atoms with Gasteiger partial charge in [0.1, 0.15) is 0 Å². The summed E-state index contributed by atoms with van der Waals surface area (Å²) < 4.78 is 0. The van der Waals surface area contributed by atoms with Gasteiger partial charge in [0.25, 0.3) is 0 Å². The maximum atomic E-state index is 2.58. The van der Waals surface area contributed by atoms with E-state index in [2.05, 4.69) is 194 Å². The molecule has 0 N–H and O–H groups in total. The van der Waals surface area contributed by atoms with E-state index in [1.807, 2.05) is 0 Å². The molecule has 0 bridgehead atoms. The molecule has 0 aliphatic heterocycles. The van der Waals surface area contributed by atoms with Crippen molar-refractivity contribution in [3.05, 3.63) is 216 Å². The minimum atomic E-state index is -0.422. The monoisotopic (exact) mass is 668 g/mol. The molecule has 0 atom stereocenters. The predicted octanol–water partition coefficient (Wildman–Crippen LogP) is 14.0. The van der Waals surface area contributed by atoms with Gasteiger partial charge in [0.2, 0.25) is 0 Å². The molecule has 244 valence electrons. The number of hydrogen-bond donors (Lipinski definition) is 0. The van der Waals surface area contributed by atoms with Gasteiger partial charge in [0.15, 0.2) is 0 Å². The second-order valence-corrected chi connectivity index (χ2v) is 14.7. The van der Waals surface area contributed by atoms with Gasteiger partial charge in [-0.2, -0.15) is 0 Å². The summed E-state index contributed by atoms with van der Waals surface area (Å²) in [5.41, 5.74) is 15.5. The fourth-order valence-electron chi connectivity index (χ4n) is 10.2. The van der Waals surface area contributed by atoms with Gasteiger partial charge >= 0.3 is 0 Å². The second-order valence-electron chi connectivity index (χ2n) is 14.7. The molecule has 0 amide bonds. The normalized spacial score (nSPS) is 13.4.